The molecule has 2 atom stereocenters. The molecular formula is C20H21F4N3O2. The van der Waals surface area contributed by atoms with Gasteiger partial charge in [-0.2, -0.15) is 10.1 Å². The van der Waals surface area contributed by atoms with Gasteiger partial charge in [-0.15, -0.1) is 0 Å². The summed E-state index contributed by atoms with van der Waals surface area (Å²) in [6.07, 6.45) is 5.24. The van der Waals surface area contributed by atoms with Crippen molar-refractivity contribution in [1.82, 2.24) is 4.90 Å². The summed E-state index contributed by atoms with van der Waals surface area (Å²) < 4.78 is 55.4. The number of likely N-dealkylation sites (tertiary alicyclic amines) is 1. The molecule has 3 aliphatic rings. The van der Waals surface area contributed by atoms with Crippen molar-refractivity contribution in [2.24, 2.45) is 16.9 Å². The number of carbonyl (C=O) groups is 2. The summed E-state index contributed by atoms with van der Waals surface area (Å²) in [7, 11) is 0. The molecule has 1 saturated carbocycles. The number of hydrogen-bond acceptors (Lipinski definition) is 3. The molecule has 0 radical (unpaired) electrons. The van der Waals surface area contributed by atoms with E-state index in [1.807, 2.05) is 0 Å². The van der Waals surface area contributed by atoms with E-state index in [2.05, 4.69) is 5.10 Å². The van der Waals surface area contributed by atoms with Gasteiger partial charge in [0, 0.05) is 32.0 Å². The lowest BCUT2D eigenvalue weighted by atomic mass is 9.75. The number of nitrogens with zero attached hydrogens (tertiary/aromatic N) is 3. The van der Waals surface area contributed by atoms with Gasteiger partial charge < -0.3 is 4.90 Å². The monoisotopic (exact) mass is 411 g/mol. The van der Waals surface area contributed by atoms with Crippen LogP contribution >= 0.6 is 0 Å². The first-order chi connectivity index (χ1) is 13.9. The number of amides is 2. The number of rotatable bonds is 2. The van der Waals surface area contributed by atoms with Gasteiger partial charge in [0.25, 0.3) is 5.91 Å². The maximum atomic E-state index is 14.1. The number of carbonyl (C=O) groups excluding carboxylic acids is 2. The molecule has 2 fully saturated rings. The van der Waals surface area contributed by atoms with Crippen molar-refractivity contribution in [1.29, 1.82) is 0 Å². The van der Waals surface area contributed by atoms with Crippen LogP contribution in [0, 0.1) is 35.1 Å². The van der Waals surface area contributed by atoms with Gasteiger partial charge in [-0.05, 0) is 24.7 Å². The van der Waals surface area contributed by atoms with Crippen molar-refractivity contribution in [3.05, 3.63) is 29.3 Å². The summed E-state index contributed by atoms with van der Waals surface area (Å²) in [6, 6.07) is 0.0622. The smallest absolute Gasteiger partial charge is 0.270 e. The van der Waals surface area contributed by atoms with Crippen LogP contribution in [-0.2, 0) is 9.59 Å². The first-order valence-electron chi connectivity index (χ1n) is 9.89. The molecule has 2 heterocycles. The van der Waals surface area contributed by atoms with E-state index in [9.17, 15) is 27.2 Å². The average Bonchev–Trinajstić information content (AvgIpc) is 2.73. The topological polar surface area (TPSA) is 53.0 Å². The maximum absolute atomic E-state index is 14.1. The van der Waals surface area contributed by atoms with E-state index in [-0.39, 0.29) is 29.6 Å². The van der Waals surface area contributed by atoms with E-state index in [4.69, 9.17) is 0 Å². The SMILES string of the molecule is O=C(C1=NN(c2c(F)c(F)cc(F)c2F)C(=O)CC1)N1CC[C@@H]2CCCC[C@@H]2C1. The highest BCUT2D eigenvalue weighted by atomic mass is 19.2. The van der Waals surface area contributed by atoms with E-state index >= 15 is 0 Å². The molecule has 0 bridgehead atoms. The zero-order valence-corrected chi connectivity index (χ0v) is 15.8. The third kappa shape index (κ3) is 3.62. The van der Waals surface area contributed by atoms with Gasteiger partial charge in [-0.1, -0.05) is 19.3 Å². The van der Waals surface area contributed by atoms with Crippen molar-refractivity contribution < 1.29 is 27.2 Å². The summed E-state index contributed by atoms with van der Waals surface area (Å²) in [5.74, 6) is -6.93. The lowest BCUT2D eigenvalue weighted by Crippen LogP contribution is -2.48. The van der Waals surface area contributed by atoms with Crippen LogP contribution in [0.15, 0.2) is 11.2 Å². The molecule has 5 nitrogen and oxygen atoms in total. The predicted octanol–water partition coefficient (Wildman–Crippen LogP) is 3.76. The molecule has 0 spiro atoms. The Hall–Kier alpha value is -2.45. The minimum absolute atomic E-state index is 0.0137. The third-order valence-corrected chi connectivity index (χ3v) is 6.16. The van der Waals surface area contributed by atoms with E-state index in [1.54, 1.807) is 4.90 Å². The Morgan fingerprint density at radius 2 is 1.62 bits per heavy atom. The zero-order valence-electron chi connectivity index (χ0n) is 15.8. The van der Waals surface area contributed by atoms with Crippen LogP contribution < -0.4 is 5.01 Å². The molecule has 1 aromatic rings. The van der Waals surface area contributed by atoms with Crippen LogP contribution in [0.3, 0.4) is 0 Å². The number of hydrogen-bond donors (Lipinski definition) is 0. The largest absolute Gasteiger partial charge is 0.337 e. The molecule has 0 aromatic heterocycles. The third-order valence-electron chi connectivity index (χ3n) is 6.16. The standard InChI is InChI=1S/C20H21F4N3O2/c21-13-9-14(22)18(24)19(17(13)23)27-16(28)6-5-15(25-27)20(29)26-8-7-11-3-1-2-4-12(11)10-26/h9,11-12H,1-8,10H2/t11-,12+/m0/s1. The number of hydrazone groups is 1. The Bertz CT molecular complexity index is 863. The second-order valence-electron chi connectivity index (χ2n) is 7.91. The average molecular weight is 411 g/mol. The minimum Gasteiger partial charge on any atom is -0.337 e. The number of piperidine rings is 1. The molecule has 9 heteroatoms. The van der Waals surface area contributed by atoms with E-state index in [0.717, 1.165) is 19.3 Å². The van der Waals surface area contributed by atoms with Crippen LogP contribution in [0.25, 0.3) is 0 Å². The molecule has 1 saturated heterocycles. The fraction of sp³-hybridized carbons (Fsp3) is 0.550. The molecular weight excluding hydrogens is 390 g/mol. The molecule has 4 rings (SSSR count). The van der Waals surface area contributed by atoms with Crippen LogP contribution in [-0.4, -0.2) is 35.5 Å². The fourth-order valence-corrected chi connectivity index (χ4v) is 4.60. The van der Waals surface area contributed by atoms with Gasteiger partial charge in [0.15, 0.2) is 23.3 Å². The van der Waals surface area contributed by atoms with Gasteiger partial charge in [-0.3, -0.25) is 9.59 Å². The predicted molar refractivity (Wildman–Crippen MR) is 97.1 cm³/mol. The maximum Gasteiger partial charge on any atom is 0.270 e. The minimum atomic E-state index is -1.72. The lowest BCUT2D eigenvalue weighted by molar-refractivity contribution is -0.127. The second-order valence-corrected chi connectivity index (χ2v) is 7.91. The zero-order chi connectivity index (χ0) is 20.7. The van der Waals surface area contributed by atoms with E-state index in [0.29, 0.717) is 24.9 Å². The van der Waals surface area contributed by atoms with Crippen LogP contribution in [0.4, 0.5) is 23.2 Å². The van der Waals surface area contributed by atoms with Gasteiger partial charge >= 0.3 is 0 Å². The molecule has 0 N–H and O–H groups in total. The Morgan fingerprint density at radius 3 is 2.31 bits per heavy atom. The summed E-state index contributed by atoms with van der Waals surface area (Å²) in [4.78, 5) is 26.8. The normalized spacial score (nSPS) is 25.0. The van der Waals surface area contributed by atoms with Gasteiger partial charge in [0.05, 0.1) is 0 Å². The van der Waals surface area contributed by atoms with E-state index < -0.39 is 40.8 Å². The Labute approximate surface area is 165 Å². The number of halogens is 4. The lowest BCUT2D eigenvalue weighted by Gasteiger charge is -2.41. The fourth-order valence-electron chi connectivity index (χ4n) is 4.60. The molecule has 156 valence electrons. The number of fused-ring (bicyclic) bond motifs is 1. The van der Waals surface area contributed by atoms with Crippen molar-refractivity contribution in [3.63, 3.8) is 0 Å². The highest BCUT2D eigenvalue weighted by molar-refractivity contribution is 6.40. The quantitative estimate of drug-likeness (QED) is 0.550. The molecule has 1 aromatic carbocycles. The first-order valence-corrected chi connectivity index (χ1v) is 9.89. The summed E-state index contributed by atoms with van der Waals surface area (Å²) >= 11 is 0. The number of benzene rings is 1. The second kappa shape index (κ2) is 7.76. The van der Waals surface area contributed by atoms with Crippen LogP contribution in [0.1, 0.15) is 44.9 Å². The molecule has 0 unspecified atom stereocenters. The molecule has 2 amide bonds. The Balaban J connectivity index is 1.61. The highest BCUT2D eigenvalue weighted by Crippen LogP contribution is 2.36. The van der Waals surface area contributed by atoms with Gasteiger partial charge in [0.1, 0.15) is 11.4 Å². The number of anilines is 1. The Kier molecular flexibility index (Phi) is 5.31. The Morgan fingerprint density at radius 1 is 0.966 bits per heavy atom. The van der Waals surface area contributed by atoms with Gasteiger partial charge in [0.2, 0.25) is 5.91 Å². The van der Waals surface area contributed by atoms with Crippen LogP contribution in [0.2, 0.25) is 0 Å². The molecule has 29 heavy (non-hydrogen) atoms. The van der Waals surface area contributed by atoms with Crippen LogP contribution in [0.5, 0.6) is 0 Å². The summed E-state index contributed by atoms with van der Waals surface area (Å²) in [5.41, 5.74) is -1.27. The van der Waals surface area contributed by atoms with Crippen molar-refractivity contribution in [2.75, 3.05) is 18.1 Å². The van der Waals surface area contributed by atoms with E-state index in [1.165, 1.54) is 12.8 Å². The highest BCUT2D eigenvalue weighted by Gasteiger charge is 2.37. The molecule has 2 aliphatic heterocycles. The molecule has 1 aliphatic carbocycles. The summed E-state index contributed by atoms with van der Waals surface area (Å²) in [5, 5.41) is 4.09. The van der Waals surface area contributed by atoms with Crippen molar-refractivity contribution in [3.8, 4) is 0 Å². The summed E-state index contributed by atoms with van der Waals surface area (Å²) in [6.45, 7) is 1.15. The van der Waals surface area contributed by atoms with Gasteiger partial charge in [-0.25, -0.2) is 17.6 Å². The van der Waals surface area contributed by atoms with Crippen molar-refractivity contribution in [2.45, 2.75) is 44.9 Å². The van der Waals surface area contributed by atoms with Crippen molar-refractivity contribution >= 4 is 23.2 Å². The first kappa shape index (κ1) is 19.8.